The highest BCUT2D eigenvalue weighted by Crippen LogP contribution is 2.35. The third-order valence-corrected chi connectivity index (χ3v) is 4.46. The zero-order valence-corrected chi connectivity index (χ0v) is 12.2. The van der Waals surface area contributed by atoms with Crippen LogP contribution in [0.4, 0.5) is 0 Å². The number of hydrogen-bond acceptors (Lipinski definition) is 3. The molecule has 1 aliphatic heterocycles. The maximum Gasteiger partial charge on any atom is 0.123 e. The molecule has 0 aliphatic carbocycles. The molecule has 0 saturated carbocycles. The minimum absolute atomic E-state index is 0.200. The topological polar surface area (TPSA) is 21.3 Å². The van der Waals surface area contributed by atoms with Crippen LogP contribution in [0, 0.1) is 6.92 Å². The van der Waals surface area contributed by atoms with Crippen LogP contribution in [0.25, 0.3) is 0 Å². The zero-order chi connectivity index (χ0) is 13.2. The molecule has 3 heteroatoms. The first-order valence-corrected chi connectivity index (χ1v) is 7.69. The van der Waals surface area contributed by atoms with E-state index in [9.17, 15) is 0 Å². The fourth-order valence-corrected chi connectivity index (χ4v) is 3.45. The molecule has 2 nitrogen and oxygen atoms in total. The van der Waals surface area contributed by atoms with Crippen molar-refractivity contribution >= 4 is 11.3 Å². The van der Waals surface area contributed by atoms with Gasteiger partial charge in [-0.2, -0.15) is 0 Å². The van der Waals surface area contributed by atoms with Crippen LogP contribution in [0.3, 0.4) is 0 Å². The molecular weight excluding hydrogens is 254 g/mol. The Hall–Kier alpha value is -1.32. The molecule has 2 aromatic rings. The largest absolute Gasteiger partial charge is 0.488 e. The van der Waals surface area contributed by atoms with Crippen molar-refractivity contribution in [2.75, 3.05) is 6.54 Å². The van der Waals surface area contributed by atoms with E-state index in [1.807, 2.05) is 6.07 Å². The summed E-state index contributed by atoms with van der Waals surface area (Å²) in [6, 6.07) is 10.9. The molecule has 100 valence electrons. The first-order chi connectivity index (χ1) is 9.28. The molecule has 0 spiro atoms. The predicted molar refractivity (Wildman–Crippen MR) is 80.0 cm³/mol. The molecule has 1 aliphatic rings. The smallest absolute Gasteiger partial charge is 0.123 e. The number of benzene rings is 1. The second-order valence-corrected chi connectivity index (χ2v) is 6.11. The van der Waals surface area contributed by atoms with Crippen LogP contribution in [0.2, 0.25) is 0 Å². The Kier molecular flexibility index (Phi) is 3.58. The zero-order valence-electron chi connectivity index (χ0n) is 11.3. The molecule has 2 unspecified atom stereocenters. The van der Waals surface area contributed by atoms with E-state index < -0.39 is 0 Å². The number of rotatable bonds is 4. The fraction of sp³-hybridized carbons (Fsp3) is 0.375. The summed E-state index contributed by atoms with van der Waals surface area (Å²) in [4.78, 5) is 1.36. The van der Waals surface area contributed by atoms with Crippen molar-refractivity contribution in [2.45, 2.75) is 32.4 Å². The minimum Gasteiger partial charge on any atom is -0.488 e. The van der Waals surface area contributed by atoms with E-state index in [0.717, 1.165) is 18.7 Å². The van der Waals surface area contributed by atoms with E-state index in [1.54, 1.807) is 11.3 Å². The van der Waals surface area contributed by atoms with E-state index >= 15 is 0 Å². The summed E-state index contributed by atoms with van der Waals surface area (Å²) in [5.74, 6) is 1.04. The summed E-state index contributed by atoms with van der Waals surface area (Å²) in [7, 11) is 0. The lowest BCUT2D eigenvalue weighted by Crippen LogP contribution is -2.34. The monoisotopic (exact) mass is 273 g/mol. The quantitative estimate of drug-likeness (QED) is 0.917. The molecule has 0 bridgehead atoms. The second-order valence-electron chi connectivity index (χ2n) is 4.99. The number of fused-ring (bicyclic) bond motifs is 1. The standard InChI is InChI=1S/C16H19NOS/c1-3-17-16(13-8-11(2)19-10-13)15-9-12-6-4-5-7-14(12)18-15/h4-8,10,15-17H,3,9H2,1-2H3. The second kappa shape index (κ2) is 5.35. The van der Waals surface area contributed by atoms with Gasteiger partial charge < -0.3 is 10.1 Å². The van der Waals surface area contributed by atoms with Crippen LogP contribution in [0.15, 0.2) is 35.7 Å². The molecule has 2 heterocycles. The lowest BCUT2D eigenvalue weighted by molar-refractivity contribution is 0.180. The average molecular weight is 273 g/mol. The maximum atomic E-state index is 6.13. The van der Waals surface area contributed by atoms with Gasteiger partial charge >= 0.3 is 0 Å². The highest BCUT2D eigenvalue weighted by Gasteiger charge is 2.31. The van der Waals surface area contributed by atoms with Gasteiger partial charge in [-0.25, -0.2) is 0 Å². The summed E-state index contributed by atoms with van der Waals surface area (Å²) in [6.45, 7) is 5.26. The van der Waals surface area contributed by atoms with Crippen molar-refractivity contribution in [3.8, 4) is 5.75 Å². The molecule has 2 atom stereocenters. The first-order valence-electron chi connectivity index (χ1n) is 6.81. The molecule has 1 aromatic heterocycles. The highest BCUT2D eigenvalue weighted by molar-refractivity contribution is 7.10. The van der Waals surface area contributed by atoms with Crippen LogP contribution in [0.5, 0.6) is 5.75 Å². The molecule has 0 amide bonds. The number of nitrogens with one attached hydrogen (secondary N) is 1. The van der Waals surface area contributed by atoms with Gasteiger partial charge in [-0.3, -0.25) is 0 Å². The van der Waals surface area contributed by atoms with Gasteiger partial charge in [0.2, 0.25) is 0 Å². The Morgan fingerprint density at radius 1 is 1.42 bits per heavy atom. The van der Waals surface area contributed by atoms with Gasteiger partial charge in [0, 0.05) is 11.3 Å². The molecule has 19 heavy (non-hydrogen) atoms. The molecule has 1 aromatic carbocycles. The Labute approximate surface area is 118 Å². The third-order valence-electron chi connectivity index (χ3n) is 3.58. The van der Waals surface area contributed by atoms with Gasteiger partial charge in [0.1, 0.15) is 11.9 Å². The number of ether oxygens (including phenoxy) is 1. The summed E-state index contributed by atoms with van der Waals surface area (Å²) >= 11 is 1.81. The van der Waals surface area contributed by atoms with E-state index in [2.05, 4.69) is 48.8 Å². The average Bonchev–Trinajstić information content (AvgIpc) is 3.01. The Balaban J connectivity index is 1.83. The van der Waals surface area contributed by atoms with Crippen molar-refractivity contribution in [3.05, 3.63) is 51.7 Å². The Bertz CT molecular complexity index is 538. The van der Waals surface area contributed by atoms with Gasteiger partial charge in [-0.15, -0.1) is 11.3 Å². The fourth-order valence-electron chi connectivity index (χ4n) is 2.71. The van der Waals surface area contributed by atoms with Crippen LogP contribution < -0.4 is 10.1 Å². The van der Waals surface area contributed by atoms with Gasteiger partial charge in [0.15, 0.2) is 0 Å². The predicted octanol–water partition coefficient (Wildman–Crippen LogP) is 3.71. The van der Waals surface area contributed by atoms with Crippen molar-refractivity contribution in [3.63, 3.8) is 0 Å². The van der Waals surface area contributed by atoms with Crippen molar-refractivity contribution < 1.29 is 4.74 Å². The molecule has 1 N–H and O–H groups in total. The van der Waals surface area contributed by atoms with Gasteiger partial charge in [0.05, 0.1) is 6.04 Å². The van der Waals surface area contributed by atoms with E-state index in [0.29, 0.717) is 0 Å². The van der Waals surface area contributed by atoms with Crippen LogP contribution in [0.1, 0.15) is 29.0 Å². The van der Waals surface area contributed by atoms with Crippen LogP contribution >= 0.6 is 11.3 Å². The van der Waals surface area contributed by atoms with Crippen molar-refractivity contribution in [2.24, 2.45) is 0 Å². The van der Waals surface area contributed by atoms with E-state index in [-0.39, 0.29) is 12.1 Å². The van der Waals surface area contributed by atoms with Crippen LogP contribution in [-0.4, -0.2) is 12.6 Å². The van der Waals surface area contributed by atoms with Crippen LogP contribution in [-0.2, 0) is 6.42 Å². The number of thiophene rings is 1. The summed E-state index contributed by atoms with van der Waals surface area (Å²) in [5, 5.41) is 5.82. The van der Waals surface area contributed by atoms with E-state index in [1.165, 1.54) is 16.0 Å². The Morgan fingerprint density at radius 3 is 2.95 bits per heavy atom. The normalized spacial score (nSPS) is 18.9. The SMILES string of the molecule is CCNC(c1csc(C)c1)C1Cc2ccccc2O1. The number of hydrogen-bond donors (Lipinski definition) is 1. The third kappa shape index (κ3) is 2.53. The molecule has 3 rings (SSSR count). The maximum absolute atomic E-state index is 6.13. The lowest BCUT2D eigenvalue weighted by Gasteiger charge is -2.23. The number of aryl methyl sites for hydroxylation is 1. The van der Waals surface area contributed by atoms with Gasteiger partial charge in [-0.05, 0) is 42.1 Å². The Morgan fingerprint density at radius 2 is 2.26 bits per heavy atom. The van der Waals surface area contributed by atoms with Gasteiger partial charge in [-0.1, -0.05) is 25.1 Å². The number of para-hydroxylation sites is 1. The molecule has 0 fully saturated rings. The summed E-state index contributed by atoms with van der Waals surface area (Å²) in [6.07, 6.45) is 1.19. The first kappa shape index (κ1) is 12.7. The highest BCUT2D eigenvalue weighted by atomic mass is 32.1. The molecular formula is C16H19NOS. The van der Waals surface area contributed by atoms with Crippen molar-refractivity contribution in [1.82, 2.24) is 5.32 Å². The molecule has 0 radical (unpaired) electrons. The minimum atomic E-state index is 0.200. The van der Waals surface area contributed by atoms with Gasteiger partial charge in [0.25, 0.3) is 0 Å². The lowest BCUT2D eigenvalue weighted by atomic mass is 9.99. The summed E-state index contributed by atoms with van der Waals surface area (Å²) in [5.41, 5.74) is 2.67. The molecule has 0 saturated heterocycles. The summed E-state index contributed by atoms with van der Waals surface area (Å²) < 4.78 is 6.13. The van der Waals surface area contributed by atoms with Crippen molar-refractivity contribution in [1.29, 1.82) is 0 Å². The van der Waals surface area contributed by atoms with E-state index in [4.69, 9.17) is 4.74 Å². The number of likely N-dealkylation sites (N-methyl/N-ethyl adjacent to an activating group) is 1.